The van der Waals surface area contributed by atoms with Crippen LogP contribution in [0.2, 0.25) is 5.02 Å². The van der Waals surface area contributed by atoms with E-state index in [2.05, 4.69) is 34.2 Å². The van der Waals surface area contributed by atoms with E-state index >= 15 is 0 Å². The zero-order chi connectivity index (χ0) is 27.2. The molecule has 2 amide bonds. The lowest BCUT2D eigenvalue weighted by Gasteiger charge is -2.27. The van der Waals surface area contributed by atoms with E-state index in [-0.39, 0.29) is 24.9 Å². The highest BCUT2D eigenvalue weighted by Gasteiger charge is 2.25. The van der Waals surface area contributed by atoms with Crippen LogP contribution < -0.4 is 4.90 Å². The van der Waals surface area contributed by atoms with E-state index < -0.39 is 0 Å². The Hall–Kier alpha value is -4.17. The predicted octanol–water partition coefficient (Wildman–Crippen LogP) is 5.08. The topological polar surface area (TPSA) is 82.8 Å². The number of amides is 2. The first-order valence-electron chi connectivity index (χ1n) is 13.0. The minimum absolute atomic E-state index is 0.0484. The van der Waals surface area contributed by atoms with Gasteiger partial charge in [0, 0.05) is 42.3 Å². The standard InChI is InChI=1S/C30H30ClN5O3/c1-22-5-7-23(8-6-22)27-13-14-28(33-32-27)34-15-3-16-35(18-17-34)29(37)21-36(20-26-4-2-19-39-26)30(38)24-9-11-25(31)12-10-24/h2,4-14,19H,3,15-18,20-21H2,1H3. The molecule has 0 bridgehead atoms. The second kappa shape index (κ2) is 12.1. The van der Waals surface area contributed by atoms with Crippen LogP contribution in [0.1, 0.15) is 28.1 Å². The van der Waals surface area contributed by atoms with Crippen LogP contribution in [-0.4, -0.2) is 64.5 Å². The number of aromatic nitrogens is 2. The lowest BCUT2D eigenvalue weighted by Crippen LogP contribution is -2.44. The monoisotopic (exact) mass is 543 g/mol. The van der Waals surface area contributed by atoms with Crippen LogP contribution >= 0.6 is 11.6 Å². The van der Waals surface area contributed by atoms with Gasteiger partial charge in [0.2, 0.25) is 5.91 Å². The summed E-state index contributed by atoms with van der Waals surface area (Å²) in [7, 11) is 0. The Kier molecular flexibility index (Phi) is 8.22. The van der Waals surface area contributed by atoms with Gasteiger partial charge in [-0.15, -0.1) is 10.2 Å². The Morgan fingerprint density at radius 2 is 1.72 bits per heavy atom. The average Bonchev–Trinajstić information content (AvgIpc) is 3.34. The van der Waals surface area contributed by atoms with E-state index in [9.17, 15) is 9.59 Å². The number of hydrogen-bond donors (Lipinski definition) is 0. The van der Waals surface area contributed by atoms with Crippen molar-refractivity contribution in [3.8, 4) is 11.3 Å². The van der Waals surface area contributed by atoms with Crippen LogP contribution in [0.15, 0.2) is 83.5 Å². The molecule has 0 unspecified atom stereocenters. The van der Waals surface area contributed by atoms with Crippen molar-refractivity contribution >= 4 is 29.2 Å². The number of aryl methyl sites for hydroxylation is 1. The molecule has 0 radical (unpaired) electrons. The highest BCUT2D eigenvalue weighted by atomic mass is 35.5. The molecule has 200 valence electrons. The van der Waals surface area contributed by atoms with Gasteiger partial charge in [-0.25, -0.2) is 0 Å². The maximum absolute atomic E-state index is 13.4. The zero-order valence-corrected chi connectivity index (χ0v) is 22.6. The molecular weight excluding hydrogens is 514 g/mol. The summed E-state index contributed by atoms with van der Waals surface area (Å²) < 4.78 is 5.46. The summed E-state index contributed by atoms with van der Waals surface area (Å²) in [6.07, 6.45) is 2.35. The van der Waals surface area contributed by atoms with Gasteiger partial charge in [-0.1, -0.05) is 41.4 Å². The van der Waals surface area contributed by atoms with Gasteiger partial charge in [0.1, 0.15) is 12.3 Å². The van der Waals surface area contributed by atoms with Crippen molar-refractivity contribution in [1.29, 1.82) is 0 Å². The third kappa shape index (κ3) is 6.64. The molecule has 0 N–H and O–H groups in total. The second-order valence-electron chi connectivity index (χ2n) is 9.61. The largest absolute Gasteiger partial charge is 0.467 e. The van der Waals surface area contributed by atoms with Gasteiger partial charge in [-0.3, -0.25) is 9.59 Å². The molecule has 8 nitrogen and oxygen atoms in total. The molecule has 0 saturated carbocycles. The number of halogens is 1. The molecule has 1 aliphatic rings. The summed E-state index contributed by atoms with van der Waals surface area (Å²) in [5.41, 5.74) is 3.52. The highest BCUT2D eigenvalue weighted by molar-refractivity contribution is 6.30. The molecule has 1 fully saturated rings. The Balaban J connectivity index is 1.23. The summed E-state index contributed by atoms with van der Waals surface area (Å²) >= 11 is 6.00. The van der Waals surface area contributed by atoms with Crippen molar-refractivity contribution in [2.24, 2.45) is 0 Å². The fourth-order valence-corrected chi connectivity index (χ4v) is 4.72. The first-order valence-corrected chi connectivity index (χ1v) is 13.3. The molecule has 2 aromatic heterocycles. The molecule has 39 heavy (non-hydrogen) atoms. The number of anilines is 1. The molecular formula is C30H30ClN5O3. The summed E-state index contributed by atoms with van der Waals surface area (Å²) in [6.45, 7) is 4.74. The van der Waals surface area contributed by atoms with Crippen LogP contribution in [0.4, 0.5) is 5.82 Å². The third-order valence-electron chi connectivity index (χ3n) is 6.80. The minimum atomic E-state index is -0.253. The molecule has 5 rings (SSSR count). The minimum Gasteiger partial charge on any atom is -0.467 e. The quantitative estimate of drug-likeness (QED) is 0.323. The van der Waals surface area contributed by atoms with Gasteiger partial charge in [-0.2, -0.15) is 0 Å². The molecule has 0 atom stereocenters. The lowest BCUT2D eigenvalue weighted by atomic mass is 10.1. The van der Waals surface area contributed by atoms with Gasteiger partial charge in [-0.05, 0) is 61.9 Å². The Labute approximate surface area is 232 Å². The van der Waals surface area contributed by atoms with E-state index in [1.807, 2.05) is 29.2 Å². The van der Waals surface area contributed by atoms with Crippen molar-refractivity contribution in [2.45, 2.75) is 19.9 Å². The van der Waals surface area contributed by atoms with Crippen LogP contribution in [0.25, 0.3) is 11.3 Å². The van der Waals surface area contributed by atoms with Crippen molar-refractivity contribution in [3.05, 3.63) is 101 Å². The number of nitrogens with zero attached hydrogens (tertiary/aromatic N) is 5. The summed E-state index contributed by atoms with van der Waals surface area (Å²) in [5, 5.41) is 9.44. The average molecular weight is 544 g/mol. The smallest absolute Gasteiger partial charge is 0.254 e. The van der Waals surface area contributed by atoms with E-state index in [0.717, 1.165) is 30.0 Å². The number of furan rings is 1. The Morgan fingerprint density at radius 1 is 0.923 bits per heavy atom. The molecule has 0 spiro atoms. The Bertz CT molecular complexity index is 1390. The van der Waals surface area contributed by atoms with Crippen molar-refractivity contribution in [1.82, 2.24) is 20.0 Å². The number of carbonyl (C=O) groups is 2. The summed E-state index contributed by atoms with van der Waals surface area (Å²) in [6, 6.07) is 22.4. The maximum Gasteiger partial charge on any atom is 0.254 e. The molecule has 3 heterocycles. The van der Waals surface area contributed by atoms with Crippen molar-refractivity contribution in [2.75, 3.05) is 37.6 Å². The number of benzene rings is 2. The zero-order valence-electron chi connectivity index (χ0n) is 21.8. The molecule has 2 aromatic carbocycles. The number of rotatable bonds is 7. The first-order chi connectivity index (χ1) is 19.0. The molecule has 4 aromatic rings. The van der Waals surface area contributed by atoms with Crippen molar-refractivity contribution in [3.63, 3.8) is 0 Å². The van der Waals surface area contributed by atoms with Gasteiger partial charge in [0.05, 0.1) is 18.5 Å². The Morgan fingerprint density at radius 3 is 2.41 bits per heavy atom. The second-order valence-corrected chi connectivity index (χ2v) is 10.0. The van der Waals surface area contributed by atoms with Gasteiger partial charge < -0.3 is 19.1 Å². The van der Waals surface area contributed by atoms with Gasteiger partial charge >= 0.3 is 0 Å². The SMILES string of the molecule is Cc1ccc(-c2ccc(N3CCCN(C(=O)CN(Cc4ccco4)C(=O)c4ccc(Cl)cc4)CC3)nn2)cc1. The van der Waals surface area contributed by atoms with Gasteiger partial charge in [0.15, 0.2) is 5.82 Å². The maximum atomic E-state index is 13.4. The highest BCUT2D eigenvalue weighted by Crippen LogP contribution is 2.20. The molecule has 9 heteroatoms. The van der Waals surface area contributed by atoms with Crippen molar-refractivity contribution < 1.29 is 14.0 Å². The molecule has 1 saturated heterocycles. The third-order valence-corrected chi connectivity index (χ3v) is 7.05. The van der Waals surface area contributed by atoms with Crippen LogP contribution in [-0.2, 0) is 11.3 Å². The van der Waals surface area contributed by atoms with E-state index in [1.54, 1.807) is 42.7 Å². The molecule has 1 aliphatic heterocycles. The predicted molar refractivity (Wildman–Crippen MR) is 151 cm³/mol. The normalized spacial score (nSPS) is 13.7. The van der Waals surface area contributed by atoms with E-state index in [1.165, 1.54) is 10.5 Å². The fourth-order valence-electron chi connectivity index (χ4n) is 4.60. The summed E-state index contributed by atoms with van der Waals surface area (Å²) in [5.74, 6) is 1.04. The number of hydrogen-bond acceptors (Lipinski definition) is 6. The van der Waals surface area contributed by atoms with Crippen LogP contribution in [0.5, 0.6) is 0 Å². The van der Waals surface area contributed by atoms with E-state index in [4.69, 9.17) is 16.0 Å². The van der Waals surface area contributed by atoms with Crippen LogP contribution in [0, 0.1) is 6.92 Å². The summed E-state index contributed by atoms with van der Waals surface area (Å²) in [4.78, 5) is 32.2. The first kappa shape index (κ1) is 26.4. The molecule has 0 aliphatic carbocycles. The fraction of sp³-hybridized carbons (Fsp3) is 0.267. The van der Waals surface area contributed by atoms with E-state index in [0.29, 0.717) is 36.0 Å². The lowest BCUT2D eigenvalue weighted by molar-refractivity contribution is -0.131. The van der Waals surface area contributed by atoms with Gasteiger partial charge in [0.25, 0.3) is 5.91 Å². The van der Waals surface area contributed by atoms with Crippen LogP contribution in [0.3, 0.4) is 0 Å². The number of carbonyl (C=O) groups excluding carboxylic acids is 2.